The summed E-state index contributed by atoms with van der Waals surface area (Å²) < 4.78 is 2.36. The van der Waals surface area contributed by atoms with E-state index in [0.717, 1.165) is 11.3 Å². The first-order valence-corrected chi connectivity index (χ1v) is 9.82. The second kappa shape index (κ2) is 6.32. The fourth-order valence-electron chi connectivity index (χ4n) is 4.25. The summed E-state index contributed by atoms with van der Waals surface area (Å²) >= 11 is 0. The standard InChI is InChI=1S/C27H18N2/c1-2-10-22(11-3-1)29-26-14-13-21(25-12-6-7-15-28-25)17-23(26)24-16-19-8-4-5-9-20(19)18-27(24)29/h1-18H. The lowest BCUT2D eigenvalue weighted by Gasteiger charge is -2.08. The van der Waals surface area contributed by atoms with Gasteiger partial charge in [0.2, 0.25) is 0 Å². The van der Waals surface area contributed by atoms with Crippen LogP contribution in [0.3, 0.4) is 0 Å². The maximum absolute atomic E-state index is 4.54. The molecule has 2 heteroatoms. The molecule has 2 heterocycles. The number of fused-ring (bicyclic) bond motifs is 4. The summed E-state index contributed by atoms with van der Waals surface area (Å²) in [6.07, 6.45) is 1.85. The summed E-state index contributed by atoms with van der Waals surface area (Å²) in [5, 5.41) is 5.03. The van der Waals surface area contributed by atoms with Crippen LogP contribution in [0.2, 0.25) is 0 Å². The van der Waals surface area contributed by atoms with Crippen LogP contribution in [0.1, 0.15) is 0 Å². The normalized spacial score (nSPS) is 11.4. The molecular formula is C27H18N2. The molecule has 0 bridgehead atoms. The highest BCUT2D eigenvalue weighted by Gasteiger charge is 2.14. The van der Waals surface area contributed by atoms with E-state index < -0.39 is 0 Å². The van der Waals surface area contributed by atoms with Crippen LogP contribution >= 0.6 is 0 Å². The number of benzene rings is 4. The van der Waals surface area contributed by atoms with E-state index >= 15 is 0 Å². The summed E-state index contributed by atoms with van der Waals surface area (Å²) in [5.41, 5.74) is 5.74. The van der Waals surface area contributed by atoms with Gasteiger partial charge < -0.3 is 4.57 Å². The Morgan fingerprint density at radius 2 is 1.28 bits per heavy atom. The number of hydrogen-bond acceptors (Lipinski definition) is 1. The van der Waals surface area contributed by atoms with Crippen molar-refractivity contribution in [3.63, 3.8) is 0 Å². The number of rotatable bonds is 2. The fraction of sp³-hybridized carbons (Fsp3) is 0. The number of para-hydroxylation sites is 1. The van der Waals surface area contributed by atoms with Gasteiger partial charge in [0.15, 0.2) is 0 Å². The Morgan fingerprint density at radius 3 is 2.07 bits per heavy atom. The second-order valence-corrected chi connectivity index (χ2v) is 7.33. The van der Waals surface area contributed by atoms with E-state index in [1.165, 1.54) is 38.3 Å². The lowest BCUT2D eigenvalue weighted by Crippen LogP contribution is -1.93. The summed E-state index contributed by atoms with van der Waals surface area (Å²) in [6, 6.07) is 36.5. The van der Waals surface area contributed by atoms with Crippen LogP contribution in [0.4, 0.5) is 0 Å². The maximum Gasteiger partial charge on any atom is 0.0702 e. The van der Waals surface area contributed by atoms with Crippen molar-refractivity contribution < 1.29 is 0 Å². The number of pyridine rings is 1. The van der Waals surface area contributed by atoms with E-state index in [9.17, 15) is 0 Å². The van der Waals surface area contributed by atoms with Crippen LogP contribution < -0.4 is 0 Å². The average molecular weight is 370 g/mol. The molecule has 4 aromatic carbocycles. The van der Waals surface area contributed by atoms with Crippen LogP contribution in [0.25, 0.3) is 49.5 Å². The van der Waals surface area contributed by atoms with Crippen molar-refractivity contribution in [2.75, 3.05) is 0 Å². The van der Waals surface area contributed by atoms with Crippen LogP contribution in [0.5, 0.6) is 0 Å². The molecule has 6 rings (SSSR count). The summed E-state index contributed by atoms with van der Waals surface area (Å²) in [7, 11) is 0. The molecule has 0 spiro atoms. The Morgan fingerprint density at radius 1 is 0.552 bits per heavy atom. The molecular weight excluding hydrogens is 352 g/mol. The fourth-order valence-corrected chi connectivity index (χ4v) is 4.25. The third-order valence-electron chi connectivity index (χ3n) is 5.61. The SMILES string of the molecule is c1ccc(-n2c3ccc(-c4ccccn4)cc3c3cc4ccccc4cc32)cc1. The van der Waals surface area contributed by atoms with E-state index in [2.05, 4.69) is 101 Å². The molecule has 0 saturated heterocycles. The topological polar surface area (TPSA) is 17.8 Å². The van der Waals surface area contributed by atoms with E-state index in [4.69, 9.17) is 0 Å². The largest absolute Gasteiger partial charge is 0.309 e. The van der Waals surface area contributed by atoms with Gasteiger partial charge in [0.25, 0.3) is 0 Å². The third-order valence-corrected chi connectivity index (χ3v) is 5.61. The van der Waals surface area contributed by atoms with E-state index in [0.29, 0.717) is 0 Å². The molecule has 0 unspecified atom stereocenters. The zero-order valence-electron chi connectivity index (χ0n) is 15.8. The zero-order valence-corrected chi connectivity index (χ0v) is 15.8. The van der Waals surface area contributed by atoms with Crippen molar-refractivity contribution in [3.8, 4) is 16.9 Å². The van der Waals surface area contributed by atoms with Crippen LogP contribution in [0.15, 0.2) is 109 Å². The summed E-state index contributed by atoms with van der Waals surface area (Å²) in [6.45, 7) is 0. The molecule has 0 saturated carbocycles. The molecule has 2 nitrogen and oxygen atoms in total. The van der Waals surface area contributed by atoms with Gasteiger partial charge in [-0.25, -0.2) is 0 Å². The van der Waals surface area contributed by atoms with Crippen molar-refractivity contribution in [3.05, 3.63) is 109 Å². The molecule has 0 aliphatic heterocycles. The Balaban J connectivity index is 1.75. The molecule has 0 atom stereocenters. The van der Waals surface area contributed by atoms with Gasteiger partial charge in [-0.15, -0.1) is 0 Å². The second-order valence-electron chi connectivity index (χ2n) is 7.33. The summed E-state index contributed by atoms with van der Waals surface area (Å²) in [4.78, 5) is 4.54. The molecule has 0 aliphatic rings. The lowest BCUT2D eigenvalue weighted by atomic mass is 10.0. The molecule has 0 N–H and O–H groups in total. The highest BCUT2D eigenvalue weighted by Crippen LogP contribution is 2.36. The minimum Gasteiger partial charge on any atom is -0.309 e. The van der Waals surface area contributed by atoms with Crippen molar-refractivity contribution in [1.29, 1.82) is 0 Å². The van der Waals surface area contributed by atoms with Crippen molar-refractivity contribution in [2.45, 2.75) is 0 Å². The Hall–Kier alpha value is -3.91. The van der Waals surface area contributed by atoms with E-state index in [1.54, 1.807) is 0 Å². The number of nitrogens with zero attached hydrogens (tertiary/aromatic N) is 2. The minimum absolute atomic E-state index is 0.996. The molecule has 0 aliphatic carbocycles. The third kappa shape index (κ3) is 2.54. The highest BCUT2D eigenvalue weighted by atomic mass is 15.0. The van der Waals surface area contributed by atoms with Gasteiger partial charge in [0, 0.05) is 28.2 Å². The Bertz CT molecular complexity index is 1480. The Labute approximate surface area is 168 Å². The average Bonchev–Trinajstić information content (AvgIpc) is 3.11. The van der Waals surface area contributed by atoms with Gasteiger partial charge in [-0.2, -0.15) is 0 Å². The van der Waals surface area contributed by atoms with Crippen molar-refractivity contribution in [1.82, 2.24) is 9.55 Å². The van der Waals surface area contributed by atoms with Gasteiger partial charge in [-0.1, -0.05) is 54.6 Å². The molecule has 29 heavy (non-hydrogen) atoms. The predicted octanol–water partition coefficient (Wildman–Crippen LogP) is 7.00. The first kappa shape index (κ1) is 16.1. The molecule has 0 amide bonds. The van der Waals surface area contributed by atoms with Crippen LogP contribution in [-0.4, -0.2) is 9.55 Å². The monoisotopic (exact) mass is 370 g/mol. The zero-order chi connectivity index (χ0) is 19.2. The van der Waals surface area contributed by atoms with E-state index in [1.807, 2.05) is 18.3 Å². The lowest BCUT2D eigenvalue weighted by molar-refractivity contribution is 1.18. The Kier molecular flexibility index (Phi) is 3.50. The quantitative estimate of drug-likeness (QED) is 0.321. The highest BCUT2D eigenvalue weighted by molar-refractivity contribution is 6.14. The molecule has 0 fully saturated rings. The van der Waals surface area contributed by atoms with Crippen molar-refractivity contribution in [2.24, 2.45) is 0 Å². The van der Waals surface area contributed by atoms with Crippen LogP contribution in [0, 0.1) is 0 Å². The molecule has 6 aromatic rings. The van der Waals surface area contributed by atoms with Gasteiger partial charge in [-0.05, 0) is 59.3 Å². The minimum atomic E-state index is 0.996. The first-order valence-electron chi connectivity index (χ1n) is 9.82. The molecule has 2 aromatic heterocycles. The molecule has 136 valence electrons. The van der Waals surface area contributed by atoms with Gasteiger partial charge >= 0.3 is 0 Å². The smallest absolute Gasteiger partial charge is 0.0702 e. The summed E-state index contributed by atoms with van der Waals surface area (Å²) in [5.74, 6) is 0. The molecule has 0 radical (unpaired) electrons. The predicted molar refractivity (Wildman–Crippen MR) is 122 cm³/mol. The van der Waals surface area contributed by atoms with E-state index in [-0.39, 0.29) is 0 Å². The maximum atomic E-state index is 4.54. The van der Waals surface area contributed by atoms with Gasteiger partial charge in [0.1, 0.15) is 0 Å². The first-order chi connectivity index (χ1) is 14.4. The van der Waals surface area contributed by atoms with Gasteiger partial charge in [0.05, 0.1) is 16.7 Å². The number of hydrogen-bond donors (Lipinski definition) is 0. The van der Waals surface area contributed by atoms with Crippen LogP contribution in [-0.2, 0) is 0 Å². The van der Waals surface area contributed by atoms with Crippen molar-refractivity contribution >= 4 is 32.6 Å². The van der Waals surface area contributed by atoms with Gasteiger partial charge in [-0.3, -0.25) is 4.98 Å². The number of aromatic nitrogens is 2.